The highest BCUT2D eigenvalue weighted by Gasteiger charge is 2.11. The minimum absolute atomic E-state index is 0.0922. The Balaban J connectivity index is 1.71. The third-order valence-corrected chi connectivity index (χ3v) is 3.99. The number of hydrogen-bond acceptors (Lipinski definition) is 3. The largest absolute Gasteiger partial charge is 0.429 e. The normalized spacial score (nSPS) is 10.3. The lowest BCUT2D eigenvalue weighted by Gasteiger charge is -2.08. The maximum absolute atomic E-state index is 5.68. The topological polar surface area (TPSA) is 9.23 Å². The van der Waals surface area contributed by atoms with Crippen molar-refractivity contribution >= 4 is 29.6 Å². The van der Waals surface area contributed by atoms with Gasteiger partial charge in [0.2, 0.25) is 0 Å². The predicted molar refractivity (Wildman–Crippen MR) is 83.7 cm³/mol. The molecular formula is C14H15BOS2. The molecule has 0 atom stereocenters. The Kier molecular flexibility index (Phi) is 5.71. The van der Waals surface area contributed by atoms with E-state index in [9.17, 15) is 0 Å². The average molecular weight is 274 g/mol. The maximum atomic E-state index is 5.68. The molecule has 4 heteroatoms. The van der Waals surface area contributed by atoms with E-state index in [2.05, 4.69) is 36.7 Å². The first kappa shape index (κ1) is 13.6. The van der Waals surface area contributed by atoms with Gasteiger partial charge in [0.05, 0.1) is 6.61 Å². The SMILES string of the molecule is SB(OCc1ccccc1)SCc1ccccc1. The molecule has 1 nitrogen and oxygen atoms in total. The van der Waals surface area contributed by atoms with Crippen LogP contribution in [0.3, 0.4) is 0 Å². The van der Waals surface area contributed by atoms with Crippen LogP contribution in [0, 0.1) is 0 Å². The van der Waals surface area contributed by atoms with Crippen LogP contribution >= 0.6 is 24.1 Å². The molecule has 0 aliphatic rings. The summed E-state index contributed by atoms with van der Waals surface area (Å²) in [6.45, 7) is 0.608. The summed E-state index contributed by atoms with van der Waals surface area (Å²) in [6.07, 6.45) is 0. The second kappa shape index (κ2) is 7.57. The van der Waals surface area contributed by atoms with Gasteiger partial charge in [-0.25, -0.2) is 0 Å². The number of thiol groups is 1. The van der Waals surface area contributed by atoms with Crippen molar-refractivity contribution in [2.75, 3.05) is 0 Å². The van der Waals surface area contributed by atoms with Gasteiger partial charge in [0.25, 0.3) is 0 Å². The van der Waals surface area contributed by atoms with Crippen LogP contribution in [0.1, 0.15) is 11.1 Å². The standard InChI is InChI=1S/C14H15BOS2/c17-15(16-11-13-7-3-1-4-8-13)18-12-14-9-5-2-6-10-14/h1-10,17H,11-12H2. The fourth-order valence-corrected chi connectivity index (χ4v) is 2.52. The lowest BCUT2D eigenvalue weighted by molar-refractivity contribution is 0.331. The zero-order valence-corrected chi connectivity index (χ0v) is 11.7. The summed E-state index contributed by atoms with van der Waals surface area (Å²) in [6, 6.07) is 20.5. The van der Waals surface area contributed by atoms with Crippen molar-refractivity contribution in [1.29, 1.82) is 0 Å². The fraction of sp³-hybridized carbons (Fsp3) is 0.143. The van der Waals surface area contributed by atoms with Gasteiger partial charge in [-0.05, 0) is 11.1 Å². The van der Waals surface area contributed by atoms with Gasteiger partial charge in [-0.2, -0.15) is 24.1 Å². The highest BCUT2D eigenvalue weighted by Crippen LogP contribution is 2.19. The molecule has 0 fully saturated rings. The van der Waals surface area contributed by atoms with E-state index < -0.39 is 0 Å². The summed E-state index contributed by atoms with van der Waals surface area (Å²) < 4.78 is 5.68. The second-order valence-electron chi connectivity index (χ2n) is 3.90. The third kappa shape index (κ3) is 4.80. The summed E-state index contributed by atoms with van der Waals surface area (Å²) >= 11 is 6.12. The summed E-state index contributed by atoms with van der Waals surface area (Å²) in [5.41, 5.74) is 2.38. The average Bonchev–Trinajstić information content (AvgIpc) is 2.45. The van der Waals surface area contributed by atoms with E-state index in [1.54, 1.807) is 11.6 Å². The van der Waals surface area contributed by atoms with E-state index in [-0.39, 0.29) is 5.47 Å². The van der Waals surface area contributed by atoms with Gasteiger partial charge in [-0.1, -0.05) is 60.7 Å². The molecule has 0 aromatic heterocycles. The molecule has 0 heterocycles. The Labute approximate surface area is 118 Å². The third-order valence-electron chi connectivity index (χ3n) is 2.47. The zero-order valence-electron chi connectivity index (χ0n) is 10.0. The van der Waals surface area contributed by atoms with Crippen molar-refractivity contribution < 1.29 is 4.65 Å². The number of rotatable bonds is 6. The lowest BCUT2D eigenvalue weighted by atomic mass is 10.2. The van der Waals surface area contributed by atoms with Crippen molar-refractivity contribution in [3.05, 3.63) is 71.8 Å². The molecule has 18 heavy (non-hydrogen) atoms. The van der Waals surface area contributed by atoms with E-state index in [1.807, 2.05) is 36.4 Å². The second-order valence-corrected chi connectivity index (χ2v) is 5.77. The van der Waals surface area contributed by atoms with Crippen LogP contribution in [0.4, 0.5) is 0 Å². The molecule has 0 aliphatic carbocycles. The van der Waals surface area contributed by atoms with Crippen LogP contribution in [0.25, 0.3) is 0 Å². The van der Waals surface area contributed by atoms with Crippen LogP contribution in [0.2, 0.25) is 0 Å². The van der Waals surface area contributed by atoms with Gasteiger partial charge in [-0.3, -0.25) is 0 Å². The van der Waals surface area contributed by atoms with E-state index in [0.717, 1.165) is 5.75 Å². The molecule has 2 aromatic rings. The molecular weight excluding hydrogens is 259 g/mol. The number of hydrogen-bond donors (Lipinski definition) is 1. The lowest BCUT2D eigenvalue weighted by Crippen LogP contribution is -2.06. The van der Waals surface area contributed by atoms with Gasteiger partial charge in [-0.15, -0.1) is 0 Å². The minimum atomic E-state index is -0.0922. The Morgan fingerprint density at radius 2 is 1.44 bits per heavy atom. The van der Waals surface area contributed by atoms with Gasteiger partial charge >= 0.3 is 5.47 Å². The van der Waals surface area contributed by atoms with Gasteiger partial charge in [0.1, 0.15) is 0 Å². The molecule has 0 spiro atoms. The molecule has 0 saturated carbocycles. The van der Waals surface area contributed by atoms with Crippen molar-refractivity contribution in [3.63, 3.8) is 0 Å². The van der Waals surface area contributed by atoms with E-state index in [4.69, 9.17) is 4.65 Å². The number of benzene rings is 2. The zero-order chi connectivity index (χ0) is 12.6. The van der Waals surface area contributed by atoms with Crippen molar-refractivity contribution in [2.45, 2.75) is 12.4 Å². The first-order valence-corrected chi connectivity index (χ1v) is 7.40. The van der Waals surface area contributed by atoms with Crippen LogP contribution in [0.15, 0.2) is 60.7 Å². The summed E-state index contributed by atoms with van der Waals surface area (Å²) in [4.78, 5) is 0. The first-order valence-electron chi connectivity index (χ1n) is 5.84. The molecule has 2 rings (SSSR count). The quantitative estimate of drug-likeness (QED) is 0.628. The smallest absolute Gasteiger partial charge is 0.413 e. The van der Waals surface area contributed by atoms with Crippen molar-refractivity contribution in [2.24, 2.45) is 0 Å². The highest BCUT2D eigenvalue weighted by atomic mass is 32.2. The van der Waals surface area contributed by atoms with Gasteiger partial charge < -0.3 is 4.65 Å². The molecule has 0 amide bonds. The molecule has 0 aliphatic heterocycles. The van der Waals surface area contributed by atoms with Crippen LogP contribution < -0.4 is 0 Å². The first-order chi connectivity index (χ1) is 8.84. The summed E-state index contributed by atoms with van der Waals surface area (Å²) in [5, 5.41) is 0. The van der Waals surface area contributed by atoms with Crippen LogP contribution in [-0.2, 0) is 17.0 Å². The fourth-order valence-electron chi connectivity index (χ4n) is 1.53. The minimum Gasteiger partial charge on any atom is -0.413 e. The monoisotopic (exact) mass is 274 g/mol. The Morgan fingerprint density at radius 3 is 2.06 bits per heavy atom. The highest BCUT2D eigenvalue weighted by molar-refractivity contribution is 8.47. The molecule has 0 N–H and O–H groups in total. The summed E-state index contributed by atoms with van der Waals surface area (Å²) in [7, 11) is 0. The Morgan fingerprint density at radius 1 is 0.889 bits per heavy atom. The predicted octanol–water partition coefficient (Wildman–Crippen LogP) is 4.05. The Bertz CT molecular complexity index is 406. The Hall–Kier alpha value is -0.835. The van der Waals surface area contributed by atoms with Crippen molar-refractivity contribution in [1.82, 2.24) is 0 Å². The van der Waals surface area contributed by atoms with E-state index in [0.29, 0.717) is 6.61 Å². The molecule has 0 bridgehead atoms. The van der Waals surface area contributed by atoms with Gasteiger partial charge in [0, 0.05) is 5.75 Å². The molecule has 0 saturated heterocycles. The maximum Gasteiger partial charge on any atom is 0.429 e. The summed E-state index contributed by atoms with van der Waals surface area (Å²) in [5.74, 6) is 0.920. The van der Waals surface area contributed by atoms with E-state index in [1.165, 1.54) is 11.1 Å². The molecule has 0 unspecified atom stereocenters. The van der Waals surface area contributed by atoms with Gasteiger partial charge in [0.15, 0.2) is 0 Å². The van der Waals surface area contributed by atoms with Crippen molar-refractivity contribution in [3.8, 4) is 0 Å². The van der Waals surface area contributed by atoms with E-state index >= 15 is 0 Å². The van der Waals surface area contributed by atoms with Crippen LogP contribution in [-0.4, -0.2) is 5.47 Å². The molecule has 0 radical (unpaired) electrons. The molecule has 92 valence electrons. The molecule has 2 aromatic carbocycles. The van der Waals surface area contributed by atoms with Crippen LogP contribution in [0.5, 0.6) is 0 Å².